The van der Waals surface area contributed by atoms with Gasteiger partial charge in [0.15, 0.2) is 0 Å². The molecule has 4 heteroatoms. The third-order valence-electron chi connectivity index (χ3n) is 1.23. The van der Waals surface area contributed by atoms with Gasteiger partial charge in [0.25, 0.3) is 0 Å². The minimum absolute atomic E-state index is 0.711. The fourth-order valence-electron chi connectivity index (χ4n) is 0.786. The third kappa shape index (κ3) is 0.595. The lowest BCUT2D eigenvalue weighted by atomic mass is 10.8. The van der Waals surface area contributed by atoms with E-state index in [9.17, 15) is 0 Å². The lowest BCUT2D eigenvalue weighted by Gasteiger charge is -2.22. The van der Waals surface area contributed by atoms with Crippen molar-refractivity contribution in [2.24, 2.45) is 9.98 Å². The lowest BCUT2D eigenvalue weighted by Crippen LogP contribution is -2.33. The van der Waals surface area contributed by atoms with Crippen LogP contribution in [0.3, 0.4) is 0 Å². The van der Waals surface area contributed by atoms with E-state index < -0.39 is 0 Å². The van der Waals surface area contributed by atoms with Gasteiger partial charge in [0.05, 0.1) is 0 Å². The van der Waals surface area contributed by atoms with Crippen LogP contribution in [-0.2, 0) is 0 Å². The quantitative estimate of drug-likeness (QED) is 0.453. The SMILES string of the molecule is C1=CN2CN=CN2C=N1. The summed E-state index contributed by atoms with van der Waals surface area (Å²) in [4.78, 5) is 7.92. The van der Waals surface area contributed by atoms with Gasteiger partial charge < -0.3 is 0 Å². The molecule has 0 fully saturated rings. The molecule has 2 rings (SSSR count). The molecule has 0 saturated carbocycles. The predicted octanol–water partition coefficient (Wildman–Crippen LogP) is 0.0179. The number of rotatable bonds is 0. The van der Waals surface area contributed by atoms with Crippen LogP contribution in [0.25, 0.3) is 0 Å². The molecule has 0 radical (unpaired) electrons. The highest BCUT2D eigenvalue weighted by molar-refractivity contribution is 5.76. The minimum Gasteiger partial charge on any atom is -0.263 e. The Morgan fingerprint density at radius 1 is 1.33 bits per heavy atom. The summed E-state index contributed by atoms with van der Waals surface area (Å²) < 4.78 is 0. The number of fused-ring (bicyclic) bond motifs is 1. The van der Waals surface area contributed by atoms with Crippen LogP contribution in [0.5, 0.6) is 0 Å². The fraction of sp³-hybridized carbons (Fsp3) is 0.200. The molecule has 0 aromatic rings. The van der Waals surface area contributed by atoms with Crippen LogP contribution >= 0.6 is 0 Å². The van der Waals surface area contributed by atoms with Gasteiger partial charge in [0.1, 0.15) is 19.3 Å². The first-order valence-electron chi connectivity index (χ1n) is 2.71. The van der Waals surface area contributed by atoms with Crippen LogP contribution in [0.2, 0.25) is 0 Å². The number of hydrogen-bond acceptors (Lipinski definition) is 4. The summed E-state index contributed by atoms with van der Waals surface area (Å²) in [5, 5.41) is 3.78. The Hall–Kier alpha value is -1.32. The smallest absolute Gasteiger partial charge is 0.131 e. The van der Waals surface area contributed by atoms with Gasteiger partial charge in [-0.3, -0.25) is 10.0 Å². The van der Waals surface area contributed by atoms with Crippen LogP contribution in [0, 0.1) is 0 Å². The highest BCUT2D eigenvalue weighted by Crippen LogP contribution is 2.04. The Kier molecular flexibility index (Phi) is 0.798. The molecule has 0 aromatic heterocycles. The standard InChI is InChI=1S/C5H6N4/c1-2-8-4-7-5-9(8)3-6-1/h1-3,5H,4H2. The van der Waals surface area contributed by atoms with Gasteiger partial charge in [-0.05, 0) is 0 Å². The largest absolute Gasteiger partial charge is 0.263 e. The van der Waals surface area contributed by atoms with E-state index in [1.165, 1.54) is 0 Å². The van der Waals surface area contributed by atoms with Gasteiger partial charge in [0, 0.05) is 12.4 Å². The summed E-state index contributed by atoms with van der Waals surface area (Å²) in [6.07, 6.45) is 7.08. The highest BCUT2D eigenvalue weighted by atomic mass is 15.7. The summed E-state index contributed by atoms with van der Waals surface area (Å²) in [7, 11) is 0. The van der Waals surface area contributed by atoms with Crippen molar-refractivity contribution in [3.05, 3.63) is 12.4 Å². The molecule has 0 aliphatic carbocycles. The first kappa shape index (κ1) is 4.55. The zero-order chi connectivity index (χ0) is 6.10. The van der Waals surface area contributed by atoms with Crippen molar-refractivity contribution >= 4 is 12.7 Å². The van der Waals surface area contributed by atoms with Gasteiger partial charge in [0.2, 0.25) is 0 Å². The molecule has 4 nitrogen and oxygen atoms in total. The molecule has 0 bridgehead atoms. The van der Waals surface area contributed by atoms with Crippen molar-refractivity contribution in [2.45, 2.75) is 0 Å². The Bertz CT molecular complexity index is 193. The number of hydrazine groups is 1. The van der Waals surface area contributed by atoms with Gasteiger partial charge in [-0.2, -0.15) is 0 Å². The summed E-state index contributed by atoms with van der Waals surface area (Å²) in [5.74, 6) is 0. The highest BCUT2D eigenvalue weighted by Gasteiger charge is 2.11. The molecule has 9 heavy (non-hydrogen) atoms. The normalized spacial score (nSPS) is 21.3. The predicted molar refractivity (Wildman–Crippen MR) is 34.7 cm³/mol. The molecule has 2 heterocycles. The molecule has 2 aliphatic rings. The first-order chi connectivity index (χ1) is 4.47. The van der Waals surface area contributed by atoms with Crippen LogP contribution in [0.4, 0.5) is 0 Å². The van der Waals surface area contributed by atoms with E-state index in [0.29, 0.717) is 6.67 Å². The van der Waals surface area contributed by atoms with Crippen molar-refractivity contribution in [3.63, 3.8) is 0 Å². The van der Waals surface area contributed by atoms with E-state index in [1.807, 2.05) is 16.2 Å². The summed E-state index contributed by atoms with van der Waals surface area (Å²) in [5.41, 5.74) is 0. The maximum Gasteiger partial charge on any atom is 0.131 e. The molecular formula is C5H6N4. The second kappa shape index (κ2) is 1.58. The molecule has 0 aromatic carbocycles. The first-order valence-corrected chi connectivity index (χ1v) is 2.71. The van der Waals surface area contributed by atoms with Crippen molar-refractivity contribution < 1.29 is 0 Å². The summed E-state index contributed by atoms with van der Waals surface area (Å²) in [6, 6.07) is 0. The van der Waals surface area contributed by atoms with E-state index in [1.54, 1.807) is 18.9 Å². The van der Waals surface area contributed by atoms with E-state index in [4.69, 9.17) is 0 Å². The molecule has 0 unspecified atom stereocenters. The Balaban J connectivity index is 2.25. The second-order valence-corrected chi connectivity index (χ2v) is 1.82. The summed E-state index contributed by atoms with van der Waals surface area (Å²) in [6.45, 7) is 0.711. The van der Waals surface area contributed by atoms with Crippen LogP contribution in [-0.4, -0.2) is 29.4 Å². The van der Waals surface area contributed by atoms with E-state index >= 15 is 0 Å². The second-order valence-electron chi connectivity index (χ2n) is 1.82. The Morgan fingerprint density at radius 3 is 3.22 bits per heavy atom. The van der Waals surface area contributed by atoms with Gasteiger partial charge in [-0.1, -0.05) is 0 Å². The molecule has 0 saturated heterocycles. The molecule has 0 spiro atoms. The van der Waals surface area contributed by atoms with Crippen LogP contribution in [0.1, 0.15) is 0 Å². The average Bonchev–Trinajstić information content (AvgIpc) is 2.33. The summed E-state index contributed by atoms with van der Waals surface area (Å²) >= 11 is 0. The topological polar surface area (TPSA) is 31.2 Å². The van der Waals surface area contributed by atoms with E-state index in [0.717, 1.165) is 0 Å². The number of aliphatic imine (C=N–C) groups is 2. The monoisotopic (exact) mass is 122 g/mol. The maximum absolute atomic E-state index is 4.01. The van der Waals surface area contributed by atoms with Crippen molar-refractivity contribution in [2.75, 3.05) is 6.67 Å². The van der Waals surface area contributed by atoms with Gasteiger partial charge >= 0.3 is 0 Å². The van der Waals surface area contributed by atoms with Gasteiger partial charge in [-0.25, -0.2) is 10.0 Å². The Labute approximate surface area is 52.8 Å². The molecular weight excluding hydrogens is 116 g/mol. The molecule has 46 valence electrons. The molecule has 2 aliphatic heterocycles. The molecule has 0 N–H and O–H groups in total. The fourth-order valence-corrected chi connectivity index (χ4v) is 0.786. The number of nitrogens with zero attached hydrogens (tertiary/aromatic N) is 4. The third-order valence-corrected chi connectivity index (χ3v) is 1.23. The average molecular weight is 122 g/mol. The van der Waals surface area contributed by atoms with Gasteiger partial charge in [-0.15, -0.1) is 0 Å². The molecule has 0 atom stereocenters. The van der Waals surface area contributed by atoms with Crippen LogP contribution < -0.4 is 0 Å². The number of hydrogen-bond donors (Lipinski definition) is 0. The maximum atomic E-state index is 4.01. The van der Waals surface area contributed by atoms with E-state index in [-0.39, 0.29) is 0 Å². The zero-order valence-corrected chi connectivity index (χ0v) is 4.81. The zero-order valence-electron chi connectivity index (χ0n) is 4.81. The Morgan fingerprint density at radius 2 is 2.33 bits per heavy atom. The van der Waals surface area contributed by atoms with Crippen LogP contribution in [0.15, 0.2) is 22.4 Å². The van der Waals surface area contributed by atoms with E-state index in [2.05, 4.69) is 9.98 Å². The van der Waals surface area contributed by atoms with Crippen molar-refractivity contribution in [3.8, 4) is 0 Å². The molecule has 0 amide bonds. The van der Waals surface area contributed by atoms with Crippen molar-refractivity contribution in [1.29, 1.82) is 0 Å². The minimum atomic E-state index is 0.711. The lowest BCUT2D eigenvalue weighted by molar-refractivity contribution is 0.225. The van der Waals surface area contributed by atoms with Crippen molar-refractivity contribution in [1.82, 2.24) is 10.0 Å².